The van der Waals surface area contributed by atoms with Gasteiger partial charge in [0.15, 0.2) is 0 Å². The van der Waals surface area contributed by atoms with E-state index in [1.165, 1.54) is 58.2 Å². The molecule has 1 aliphatic carbocycles. The average Bonchev–Trinajstić information content (AvgIpc) is 2.74. The van der Waals surface area contributed by atoms with Crippen LogP contribution in [0.1, 0.15) is 52.4 Å². The van der Waals surface area contributed by atoms with Crippen LogP contribution in [0.15, 0.2) is 0 Å². The number of nitrogens with two attached hydrogens (primary N) is 1. The molecule has 1 heterocycles. The summed E-state index contributed by atoms with van der Waals surface area (Å²) in [5.41, 5.74) is 6.71. The Morgan fingerprint density at radius 2 is 2.11 bits per heavy atom. The molecule has 3 unspecified atom stereocenters. The molecule has 3 nitrogen and oxygen atoms in total. The van der Waals surface area contributed by atoms with E-state index >= 15 is 0 Å². The van der Waals surface area contributed by atoms with Crippen molar-refractivity contribution in [2.24, 2.45) is 11.7 Å². The molecular formula is C16H33N3. The topological polar surface area (TPSA) is 32.5 Å². The molecule has 2 rings (SSSR count). The van der Waals surface area contributed by atoms with Crippen molar-refractivity contribution >= 4 is 0 Å². The van der Waals surface area contributed by atoms with E-state index in [1.807, 2.05) is 0 Å². The zero-order chi connectivity index (χ0) is 13.9. The van der Waals surface area contributed by atoms with E-state index in [4.69, 9.17) is 5.73 Å². The van der Waals surface area contributed by atoms with Gasteiger partial charge in [0.25, 0.3) is 0 Å². The minimum Gasteiger partial charge on any atom is -0.324 e. The van der Waals surface area contributed by atoms with E-state index in [0.717, 1.165) is 18.5 Å². The van der Waals surface area contributed by atoms with Gasteiger partial charge in [-0.1, -0.05) is 26.7 Å². The van der Waals surface area contributed by atoms with Crippen LogP contribution in [-0.2, 0) is 0 Å². The predicted molar refractivity (Wildman–Crippen MR) is 82.3 cm³/mol. The van der Waals surface area contributed by atoms with Gasteiger partial charge < -0.3 is 10.6 Å². The van der Waals surface area contributed by atoms with Gasteiger partial charge in [-0.3, -0.25) is 4.90 Å². The van der Waals surface area contributed by atoms with Crippen LogP contribution in [0, 0.1) is 5.92 Å². The lowest BCUT2D eigenvalue weighted by Gasteiger charge is -2.40. The van der Waals surface area contributed by atoms with Crippen molar-refractivity contribution in [3.63, 3.8) is 0 Å². The van der Waals surface area contributed by atoms with E-state index in [-0.39, 0.29) is 5.54 Å². The molecule has 1 aliphatic heterocycles. The maximum Gasteiger partial charge on any atom is 0.0285 e. The lowest BCUT2D eigenvalue weighted by atomic mass is 9.77. The van der Waals surface area contributed by atoms with E-state index < -0.39 is 0 Å². The Labute approximate surface area is 119 Å². The monoisotopic (exact) mass is 267 g/mol. The zero-order valence-corrected chi connectivity index (χ0v) is 13.2. The molecule has 1 saturated carbocycles. The van der Waals surface area contributed by atoms with Gasteiger partial charge in [0.1, 0.15) is 0 Å². The molecule has 19 heavy (non-hydrogen) atoms. The van der Waals surface area contributed by atoms with Crippen molar-refractivity contribution in [2.75, 3.05) is 33.2 Å². The summed E-state index contributed by atoms with van der Waals surface area (Å²) in [6.45, 7) is 9.40. The highest BCUT2D eigenvalue weighted by Crippen LogP contribution is 2.31. The van der Waals surface area contributed by atoms with E-state index in [0.29, 0.717) is 0 Å². The number of likely N-dealkylation sites (tertiary alicyclic amines) is 1. The van der Waals surface area contributed by atoms with Gasteiger partial charge in [-0.15, -0.1) is 0 Å². The Morgan fingerprint density at radius 1 is 1.32 bits per heavy atom. The Bertz CT molecular complexity index is 281. The second kappa shape index (κ2) is 6.55. The Kier molecular flexibility index (Phi) is 5.27. The van der Waals surface area contributed by atoms with Crippen LogP contribution in [0.3, 0.4) is 0 Å². The molecule has 0 radical (unpaired) electrons. The standard InChI is InChI=1S/C16H33N3/c1-4-19-10-6-8-15(19)12-18(3)13-16(17)9-5-7-14(2)11-16/h14-15H,4-13,17H2,1-3H3. The highest BCUT2D eigenvalue weighted by molar-refractivity contribution is 4.93. The third-order valence-corrected chi connectivity index (χ3v) is 5.14. The minimum atomic E-state index is 0.0715. The second-order valence-electron chi connectivity index (χ2n) is 7.19. The molecule has 0 aromatic heterocycles. The summed E-state index contributed by atoms with van der Waals surface area (Å²) >= 11 is 0. The number of hydrogen-bond acceptors (Lipinski definition) is 3. The maximum atomic E-state index is 6.64. The average molecular weight is 267 g/mol. The molecule has 3 atom stereocenters. The SMILES string of the molecule is CCN1CCCC1CN(C)CC1(N)CCCC(C)C1. The van der Waals surface area contributed by atoms with Gasteiger partial charge >= 0.3 is 0 Å². The Morgan fingerprint density at radius 3 is 2.79 bits per heavy atom. The van der Waals surface area contributed by atoms with E-state index in [9.17, 15) is 0 Å². The molecule has 2 fully saturated rings. The Balaban J connectivity index is 1.81. The van der Waals surface area contributed by atoms with Crippen LogP contribution in [0.2, 0.25) is 0 Å². The summed E-state index contributed by atoms with van der Waals surface area (Å²) in [4.78, 5) is 5.12. The molecule has 0 amide bonds. The molecule has 112 valence electrons. The van der Waals surface area contributed by atoms with Gasteiger partial charge in [-0.2, -0.15) is 0 Å². The van der Waals surface area contributed by atoms with Crippen molar-refractivity contribution in [1.82, 2.24) is 9.80 Å². The van der Waals surface area contributed by atoms with Crippen molar-refractivity contribution in [2.45, 2.75) is 64.0 Å². The van der Waals surface area contributed by atoms with Gasteiger partial charge in [-0.05, 0) is 51.7 Å². The summed E-state index contributed by atoms with van der Waals surface area (Å²) in [6, 6.07) is 0.764. The largest absolute Gasteiger partial charge is 0.324 e. The molecule has 1 saturated heterocycles. The van der Waals surface area contributed by atoms with E-state index in [2.05, 4.69) is 30.7 Å². The lowest BCUT2D eigenvalue weighted by Crippen LogP contribution is -2.53. The van der Waals surface area contributed by atoms with Crippen LogP contribution in [0.25, 0.3) is 0 Å². The van der Waals surface area contributed by atoms with Gasteiger partial charge in [-0.25, -0.2) is 0 Å². The van der Waals surface area contributed by atoms with Crippen molar-refractivity contribution in [1.29, 1.82) is 0 Å². The fraction of sp³-hybridized carbons (Fsp3) is 1.00. The van der Waals surface area contributed by atoms with Gasteiger partial charge in [0, 0.05) is 24.7 Å². The first-order valence-electron chi connectivity index (χ1n) is 8.24. The number of hydrogen-bond donors (Lipinski definition) is 1. The molecule has 0 spiro atoms. The van der Waals surface area contributed by atoms with Crippen LogP contribution < -0.4 is 5.73 Å². The maximum absolute atomic E-state index is 6.64. The second-order valence-corrected chi connectivity index (χ2v) is 7.19. The molecule has 3 heteroatoms. The molecule has 0 bridgehead atoms. The predicted octanol–water partition coefficient (Wildman–Crippen LogP) is 2.31. The molecular weight excluding hydrogens is 234 g/mol. The minimum absolute atomic E-state index is 0.0715. The summed E-state index contributed by atoms with van der Waals surface area (Å²) in [6.07, 6.45) is 7.84. The van der Waals surface area contributed by atoms with Crippen molar-refractivity contribution < 1.29 is 0 Å². The zero-order valence-electron chi connectivity index (χ0n) is 13.2. The quantitative estimate of drug-likeness (QED) is 0.829. The highest BCUT2D eigenvalue weighted by Gasteiger charge is 2.33. The van der Waals surface area contributed by atoms with Crippen LogP contribution in [-0.4, -0.2) is 54.6 Å². The summed E-state index contributed by atoms with van der Waals surface area (Å²) < 4.78 is 0. The molecule has 2 N–H and O–H groups in total. The normalized spacial score (nSPS) is 37.1. The third kappa shape index (κ3) is 4.17. The smallest absolute Gasteiger partial charge is 0.0285 e. The summed E-state index contributed by atoms with van der Waals surface area (Å²) in [5, 5.41) is 0. The number of nitrogens with zero attached hydrogens (tertiary/aromatic N) is 2. The molecule has 0 aromatic carbocycles. The first kappa shape index (κ1) is 15.3. The fourth-order valence-electron chi connectivity index (χ4n) is 4.32. The van der Waals surface area contributed by atoms with E-state index in [1.54, 1.807) is 0 Å². The first-order chi connectivity index (χ1) is 9.02. The van der Waals surface area contributed by atoms with Gasteiger partial charge in [0.05, 0.1) is 0 Å². The summed E-state index contributed by atoms with van der Waals surface area (Å²) in [5.74, 6) is 0.811. The first-order valence-corrected chi connectivity index (χ1v) is 8.24. The van der Waals surface area contributed by atoms with Crippen molar-refractivity contribution in [3.05, 3.63) is 0 Å². The lowest BCUT2D eigenvalue weighted by molar-refractivity contribution is 0.139. The fourth-order valence-corrected chi connectivity index (χ4v) is 4.32. The Hall–Kier alpha value is -0.120. The van der Waals surface area contributed by atoms with Crippen LogP contribution >= 0.6 is 0 Å². The van der Waals surface area contributed by atoms with Crippen molar-refractivity contribution in [3.8, 4) is 0 Å². The summed E-state index contributed by atoms with van der Waals surface area (Å²) in [7, 11) is 2.26. The van der Waals surface area contributed by atoms with Crippen LogP contribution in [0.4, 0.5) is 0 Å². The molecule has 0 aromatic rings. The molecule has 2 aliphatic rings. The third-order valence-electron chi connectivity index (χ3n) is 5.14. The number of likely N-dealkylation sites (N-methyl/N-ethyl adjacent to an activating group) is 2. The van der Waals surface area contributed by atoms with Crippen LogP contribution in [0.5, 0.6) is 0 Å². The number of rotatable bonds is 5. The van der Waals surface area contributed by atoms with Gasteiger partial charge in [0.2, 0.25) is 0 Å². The highest BCUT2D eigenvalue weighted by atomic mass is 15.2.